The number of carbonyl (C=O) groups is 1. The highest BCUT2D eigenvalue weighted by molar-refractivity contribution is 5.80. The minimum atomic E-state index is 0.0679. The predicted octanol–water partition coefficient (Wildman–Crippen LogP) is 4.19. The highest BCUT2D eigenvalue weighted by atomic mass is 16.5. The van der Waals surface area contributed by atoms with E-state index in [0.717, 1.165) is 30.8 Å². The molecule has 0 fully saturated rings. The Morgan fingerprint density at radius 2 is 1.75 bits per heavy atom. The minimum absolute atomic E-state index is 0.0679. The molecule has 2 rings (SSSR count). The van der Waals surface area contributed by atoms with Crippen LogP contribution in [0.5, 0.6) is 11.5 Å². The molecule has 0 radical (unpaired) electrons. The summed E-state index contributed by atoms with van der Waals surface area (Å²) < 4.78 is 10.9. The second-order valence-electron chi connectivity index (χ2n) is 6.93. The van der Waals surface area contributed by atoms with Crippen molar-refractivity contribution in [2.75, 3.05) is 14.2 Å². The lowest BCUT2D eigenvalue weighted by atomic mass is 9.92. The molecule has 0 N–H and O–H groups in total. The largest absolute Gasteiger partial charge is 0.493 e. The molecule has 24 heavy (non-hydrogen) atoms. The fourth-order valence-electron chi connectivity index (χ4n) is 3.45. The smallest absolute Gasteiger partial charge is 0.226 e. The molecule has 1 amide bonds. The molecular weight excluding hydrogens is 302 g/mol. The van der Waals surface area contributed by atoms with Crippen molar-refractivity contribution in [1.29, 1.82) is 0 Å². The Balaban J connectivity index is 2.37. The maximum Gasteiger partial charge on any atom is 0.226 e. The molecule has 0 bridgehead atoms. The summed E-state index contributed by atoms with van der Waals surface area (Å²) in [4.78, 5) is 15.0. The number of rotatable bonds is 7. The summed E-state index contributed by atoms with van der Waals surface area (Å²) in [5.41, 5.74) is 2.39. The number of hydrogen-bond donors (Lipinski definition) is 0. The average Bonchev–Trinajstić information content (AvgIpc) is 2.70. The predicted molar refractivity (Wildman–Crippen MR) is 96.6 cm³/mol. The molecule has 1 atom stereocenters. The van der Waals surface area contributed by atoms with E-state index in [1.807, 2.05) is 11.0 Å². The van der Waals surface area contributed by atoms with Gasteiger partial charge in [-0.1, -0.05) is 26.2 Å². The first-order chi connectivity index (χ1) is 11.5. The molecule has 0 saturated carbocycles. The summed E-state index contributed by atoms with van der Waals surface area (Å²) in [6, 6.07) is 4.29. The molecule has 1 heterocycles. The molecule has 4 heteroatoms. The van der Waals surface area contributed by atoms with E-state index < -0.39 is 0 Å². The Bertz CT molecular complexity index is 568. The minimum Gasteiger partial charge on any atom is -0.493 e. The maximum atomic E-state index is 13.0. The first-order valence-electron chi connectivity index (χ1n) is 9.06. The molecule has 1 aromatic carbocycles. The van der Waals surface area contributed by atoms with Crippen molar-refractivity contribution in [1.82, 2.24) is 4.90 Å². The maximum absolute atomic E-state index is 13.0. The van der Waals surface area contributed by atoms with Gasteiger partial charge in [0.1, 0.15) is 0 Å². The number of unbranched alkanes of at least 4 members (excludes halogenated alkanes) is 2. The van der Waals surface area contributed by atoms with Crippen molar-refractivity contribution >= 4 is 5.91 Å². The van der Waals surface area contributed by atoms with Crippen molar-refractivity contribution in [3.8, 4) is 11.5 Å². The number of nitrogens with zero attached hydrogens (tertiary/aromatic N) is 1. The normalized spacial score (nSPS) is 17.7. The second kappa shape index (κ2) is 8.41. The number of hydrogen-bond acceptors (Lipinski definition) is 3. The van der Waals surface area contributed by atoms with Crippen LogP contribution in [0.1, 0.15) is 57.6 Å². The topological polar surface area (TPSA) is 38.8 Å². The van der Waals surface area contributed by atoms with E-state index in [0.29, 0.717) is 6.54 Å². The molecule has 0 saturated heterocycles. The van der Waals surface area contributed by atoms with Crippen molar-refractivity contribution in [3.63, 3.8) is 0 Å². The van der Waals surface area contributed by atoms with E-state index in [-0.39, 0.29) is 17.9 Å². The zero-order chi connectivity index (χ0) is 17.7. The molecular formula is C20H31NO3. The van der Waals surface area contributed by atoms with Gasteiger partial charge in [-0.05, 0) is 49.9 Å². The zero-order valence-electron chi connectivity index (χ0n) is 15.7. The van der Waals surface area contributed by atoms with Gasteiger partial charge < -0.3 is 14.4 Å². The fourth-order valence-corrected chi connectivity index (χ4v) is 3.45. The fraction of sp³-hybridized carbons (Fsp3) is 0.650. The summed E-state index contributed by atoms with van der Waals surface area (Å²) in [7, 11) is 3.31. The summed E-state index contributed by atoms with van der Waals surface area (Å²) in [6.45, 7) is 7.03. The summed E-state index contributed by atoms with van der Waals surface area (Å²) in [5, 5.41) is 0. The van der Waals surface area contributed by atoms with Crippen molar-refractivity contribution in [3.05, 3.63) is 23.3 Å². The summed E-state index contributed by atoms with van der Waals surface area (Å²) >= 11 is 0. The van der Waals surface area contributed by atoms with Crippen LogP contribution >= 0.6 is 0 Å². The van der Waals surface area contributed by atoms with Gasteiger partial charge in [-0.15, -0.1) is 0 Å². The van der Waals surface area contributed by atoms with Crippen LogP contribution in [-0.4, -0.2) is 31.1 Å². The zero-order valence-corrected chi connectivity index (χ0v) is 15.7. The lowest BCUT2D eigenvalue weighted by molar-refractivity contribution is -0.137. The summed E-state index contributed by atoms with van der Waals surface area (Å²) in [6.07, 6.45) is 5.23. The van der Waals surface area contributed by atoms with Gasteiger partial charge in [0.05, 0.1) is 14.2 Å². The number of benzene rings is 1. The molecule has 1 aromatic rings. The molecule has 0 aromatic heterocycles. The van der Waals surface area contributed by atoms with Crippen LogP contribution in [0.15, 0.2) is 12.1 Å². The van der Waals surface area contributed by atoms with Gasteiger partial charge in [0, 0.05) is 18.5 Å². The van der Waals surface area contributed by atoms with Crippen LogP contribution in [0, 0.1) is 5.92 Å². The standard InChI is InChI=1S/C20H31NO3/c1-6-7-8-9-15-10-16-11-18(23-4)19(24-5)12-17(16)13-21(14(2)3)20(15)22/h11-12,14-15H,6-10,13H2,1-5H3. The Morgan fingerprint density at radius 3 is 2.29 bits per heavy atom. The van der Waals surface area contributed by atoms with E-state index in [9.17, 15) is 4.79 Å². The number of amides is 1. The van der Waals surface area contributed by atoms with Gasteiger partial charge in [0.25, 0.3) is 0 Å². The Labute approximate surface area is 146 Å². The highest BCUT2D eigenvalue weighted by Crippen LogP contribution is 2.35. The van der Waals surface area contributed by atoms with Gasteiger partial charge in [-0.3, -0.25) is 4.79 Å². The van der Waals surface area contributed by atoms with Crippen LogP contribution < -0.4 is 9.47 Å². The van der Waals surface area contributed by atoms with Gasteiger partial charge in [0.2, 0.25) is 5.91 Å². The van der Waals surface area contributed by atoms with Gasteiger partial charge in [-0.2, -0.15) is 0 Å². The monoisotopic (exact) mass is 333 g/mol. The lowest BCUT2D eigenvalue weighted by Crippen LogP contribution is -2.39. The van der Waals surface area contributed by atoms with Crippen molar-refractivity contribution in [2.24, 2.45) is 5.92 Å². The van der Waals surface area contributed by atoms with Gasteiger partial charge in [0.15, 0.2) is 11.5 Å². The van der Waals surface area contributed by atoms with E-state index in [2.05, 4.69) is 26.8 Å². The lowest BCUT2D eigenvalue weighted by Gasteiger charge is -2.28. The van der Waals surface area contributed by atoms with Crippen LogP contribution in [0.4, 0.5) is 0 Å². The SMILES string of the molecule is CCCCCC1Cc2cc(OC)c(OC)cc2CN(C(C)C)C1=O. The van der Waals surface area contributed by atoms with Gasteiger partial charge in [-0.25, -0.2) is 0 Å². The quantitative estimate of drug-likeness (QED) is 0.702. The first kappa shape index (κ1) is 18.6. The van der Waals surface area contributed by atoms with Gasteiger partial charge >= 0.3 is 0 Å². The first-order valence-corrected chi connectivity index (χ1v) is 9.06. The highest BCUT2D eigenvalue weighted by Gasteiger charge is 2.31. The third kappa shape index (κ3) is 4.03. The van der Waals surface area contributed by atoms with Crippen LogP contribution in [0.3, 0.4) is 0 Å². The third-order valence-electron chi connectivity index (χ3n) is 4.92. The molecule has 0 spiro atoms. The second-order valence-corrected chi connectivity index (χ2v) is 6.93. The molecule has 1 unspecified atom stereocenters. The van der Waals surface area contributed by atoms with E-state index >= 15 is 0 Å². The molecule has 1 aliphatic heterocycles. The van der Waals surface area contributed by atoms with E-state index in [4.69, 9.17) is 9.47 Å². The summed E-state index contributed by atoms with van der Waals surface area (Å²) in [5.74, 6) is 1.83. The van der Waals surface area contributed by atoms with Crippen molar-refractivity contribution in [2.45, 2.75) is 65.5 Å². The molecule has 0 aliphatic carbocycles. The molecule has 134 valence electrons. The van der Waals surface area contributed by atoms with Crippen molar-refractivity contribution < 1.29 is 14.3 Å². The number of methoxy groups -OCH3 is 2. The molecule has 4 nitrogen and oxygen atoms in total. The van der Waals surface area contributed by atoms with E-state index in [1.54, 1.807) is 14.2 Å². The van der Waals surface area contributed by atoms with E-state index in [1.165, 1.54) is 24.0 Å². The average molecular weight is 333 g/mol. The van der Waals surface area contributed by atoms with Crippen LogP contribution in [0.25, 0.3) is 0 Å². The Kier molecular flexibility index (Phi) is 6.52. The third-order valence-corrected chi connectivity index (χ3v) is 4.92. The Morgan fingerprint density at radius 1 is 1.12 bits per heavy atom. The number of fused-ring (bicyclic) bond motifs is 1. The number of carbonyl (C=O) groups excluding carboxylic acids is 1. The molecule has 1 aliphatic rings. The Hall–Kier alpha value is -1.71. The van der Waals surface area contributed by atoms with Crippen LogP contribution in [-0.2, 0) is 17.8 Å². The van der Waals surface area contributed by atoms with Crippen LogP contribution in [0.2, 0.25) is 0 Å². The number of ether oxygens (including phenoxy) is 2.